The van der Waals surface area contributed by atoms with E-state index in [9.17, 15) is 23.2 Å². The van der Waals surface area contributed by atoms with Crippen LogP contribution in [0.1, 0.15) is 61.4 Å². The molecular formula is C38H47Cl2F2N5O5. The van der Waals surface area contributed by atoms with E-state index in [1.807, 2.05) is 40.8 Å². The van der Waals surface area contributed by atoms with Gasteiger partial charge in [-0.2, -0.15) is 0 Å². The summed E-state index contributed by atoms with van der Waals surface area (Å²) in [6, 6.07) is 10.8. The number of carbonyl (C=O) groups is 3. The van der Waals surface area contributed by atoms with Gasteiger partial charge in [-0.05, 0) is 69.2 Å². The number of rotatable bonds is 13. The number of halogens is 4. The summed E-state index contributed by atoms with van der Waals surface area (Å²) in [4.78, 5) is 46.7. The third-order valence-corrected chi connectivity index (χ3v) is 11.3. The number of amides is 1. The molecule has 52 heavy (non-hydrogen) atoms. The largest absolute Gasteiger partial charge is 0.466 e. The van der Waals surface area contributed by atoms with Crippen molar-refractivity contribution in [3.05, 3.63) is 63.8 Å². The highest BCUT2D eigenvalue weighted by Gasteiger charge is 2.53. The van der Waals surface area contributed by atoms with E-state index in [4.69, 9.17) is 32.7 Å². The Hall–Kier alpha value is -3.13. The van der Waals surface area contributed by atoms with Crippen LogP contribution in [0.15, 0.2) is 42.6 Å². The van der Waals surface area contributed by atoms with Gasteiger partial charge in [-0.3, -0.25) is 29.1 Å². The van der Waals surface area contributed by atoms with Crippen molar-refractivity contribution in [1.29, 1.82) is 0 Å². The minimum atomic E-state index is -2.45. The number of hydrogen-bond acceptors (Lipinski definition) is 8. The zero-order valence-electron chi connectivity index (χ0n) is 29.7. The smallest absolute Gasteiger partial charge is 0.308 e. The number of esters is 1. The second-order valence-electron chi connectivity index (χ2n) is 14.0. The van der Waals surface area contributed by atoms with Crippen LogP contribution in [0, 0.1) is 5.92 Å². The van der Waals surface area contributed by atoms with Gasteiger partial charge < -0.3 is 19.4 Å². The number of likely N-dealkylation sites (tertiary alicyclic amines) is 1. The SMILES string of the molecule is CCOC(=O)[C@H]1CC[C@H](OC(C(=O)Cc2cc(Cl)c(NC(=O)c3cn(C)c4ccccc34)cc2Cl)(N2CCCC2)N2CCN(CC(F)F)CC2)CC1. The van der Waals surface area contributed by atoms with Crippen molar-refractivity contribution in [1.82, 2.24) is 19.3 Å². The molecule has 0 radical (unpaired) electrons. The van der Waals surface area contributed by atoms with E-state index in [0.29, 0.717) is 88.4 Å². The van der Waals surface area contributed by atoms with Crippen molar-refractivity contribution in [3.63, 3.8) is 0 Å². The van der Waals surface area contributed by atoms with Crippen LogP contribution in [0.4, 0.5) is 14.5 Å². The lowest BCUT2D eigenvalue weighted by atomic mass is 9.87. The molecule has 2 aliphatic heterocycles. The van der Waals surface area contributed by atoms with Crippen LogP contribution in [0.25, 0.3) is 10.9 Å². The van der Waals surface area contributed by atoms with Gasteiger partial charge in [0.05, 0.1) is 41.4 Å². The van der Waals surface area contributed by atoms with Crippen LogP contribution >= 0.6 is 23.2 Å². The molecule has 3 heterocycles. The number of benzene rings is 2. The predicted octanol–water partition coefficient (Wildman–Crippen LogP) is 6.62. The van der Waals surface area contributed by atoms with Gasteiger partial charge in [0.15, 0.2) is 5.78 Å². The first-order chi connectivity index (χ1) is 25.0. The monoisotopic (exact) mass is 761 g/mol. The third-order valence-electron chi connectivity index (χ3n) is 10.6. The highest BCUT2D eigenvalue weighted by molar-refractivity contribution is 6.36. The van der Waals surface area contributed by atoms with Crippen LogP contribution in [0.3, 0.4) is 0 Å². The summed E-state index contributed by atoms with van der Waals surface area (Å²) in [6.07, 6.45) is 3.00. The third kappa shape index (κ3) is 8.32. The number of para-hydroxylation sites is 1. The normalized spacial score (nSPS) is 21.8. The Labute approximate surface area is 313 Å². The molecule has 6 rings (SSSR count). The van der Waals surface area contributed by atoms with Gasteiger partial charge in [0.2, 0.25) is 5.85 Å². The standard InChI is InChI=1S/C38H47Cl2F2N5O5/c1-3-51-37(50)25-10-12-27(13-11-25)52-38(46-14-6-7-15-46,47-18-16-45(17-19-47)24-35(41)42)34(48)21-26-20-31(40)32(22-30(26)39)43-36(49)29-23-44(2)33-9-5-4-8-28(29)33/h4-5,8-9,20,22-23,25,27,35H,3,6-7,10-19,21,24H2,1-2H3,(H,43,49)/t25-,27-,38?. The van der Waals surface area contributed by atoms with E-state index in [-0.39, 0.29) is 52.7 Å². The summed E-state index contributed by atoms with van der Waals surface area (Å²) in [5.74, 6) is -2.46. The maximum Gasteiger partial charge on any atom is 0.308 e. The van der Waals surface area contributed by atoms with E-state index < -0.39 is 12.3 Å². The number of alkyl halides is 2. The fourth-order valence-electron chi connectivity index (χ4n) is 7.95. The molecule has 1 aliphatic carbocycles. The minimum Gasteiger partial charge on any atom is -0.466 e. The average molecular weight is 763 g/mol. The Bertz CT molecular complexity index is 1750. The number of aryl methyl sites for hydroxylation is 1. The van der Waals surface area contributed by atoms with Crippen molar-refractivity contribution in [2.45, 2.75) is 70.2 Å². The molecule has 282 valence electrons. The molecule has 1 saturated carbocycles. The zero-order chi connectivity index (χ0) is 37.0. The number of ether oxygens (including phenoxy) is 2. The molecule has 0 bridgehead atoms. The molecular weight excluding hydrogens is 715 g/mol. The fraction of sp³-hybridized carbons (Fsp3) is 0.553. The van der Waals surface area contributed by atoms with Gasteiger partial charge in [0.25, 0.3) is 12.3 Å². The Kier molecular flexibility index (Phi) is 12.5. The number of Topliss-reactive ketones (excluding diaryl/α,β-unsaturated/α-hetero) is 1. The summed E-state index contributed by atoms with van der Waals surface area (Å²) in [5.41, 5.74) is 2.20. The predicted molar refractivity (Wildman–Crippen MR) is 197 cm³/mol. The van der Waals surface area contributed by atoms with Crippen LogP contribution in [0.2, 0.25) is 10.0 Å². The summed E-state index contributed by atoms with van der Waals surface area (Å²) in [6.45, 7) is 4.51. The van der Waals surface area contributed by atoms with Crippen LogP contribution < -0.4 is 5.32 Å². The van der Waals surface area contributed by atoms with Crippen LogP contribution in [-0.4, -0.2) is 108 Å². The number of fused-ring (bicyclic) bond motifs is 1. The molecule has 3 aliphatic rings. The second-order valence-corrected chi connectivity index (χ2v) is 14.8. The number of nitrogens with one attached hydrogen (secondary N) is 1. The van der Waals surface area contributed by atoms with Crippen molar-refractivity contribution >= 4 is 57.5 Å². The molecule has 10 nitrogen and oxygen atoms in total. The average Bonchev–Trinajstić information content (AvgIpc) is 3.79. The quantitative estimate of drug-likeness (QED) is 0.194. The van der Waals surface area contributed by atoms with E-state index in [1.54, 1.807) is 30.2 Å². The van der Waals surface area contributed by atoms with Gasteiger partial charge in [-0.1, -0.05) is 41.4 Å². The molecule has 1 aromatic heterocycles. The van der Waals surface area contributed by atoms with Crippen LogP contribution in [-0.2, 0) is 32.5 Å². The number of hydrogen-bond donors (Lipinski definition) is 1. The summed E-state index contributed by atoms with van der Waals surface area (Å²) in [5, 5.41) is 4.18. The summed E-state index contributed by atoms with van der Waals surface area (Å²) < 4.78 is 40.8. The maximum absolute atomic E-state index is 15.0. The van der Waals surface area contributed by atoms with Crippen molar-refractivity contribution < 1.29 is 32.6 Å². The minimum absolute atomic E-state index is 0.109. The molecule has 3 fully saturated rings. The van der Waals surface area contributed by atoms with Crippen molar-refractivity contribution in [2.75, 3.05) is 57.7 Å². The zero-order valence-corrected chi connectivity index (χ0v) is 31.2. The molecule has 1 unspecified atom stereocenters. The number of anilines is 1. The lowest BCUT2D eigenvalue weighted by Gasteiger charge is -2.52. The first kappa shape index (κ1) is 38.6. The Morgan fingerprint density at radius 2 is 1.62 bits per heavy atom. The van der Waals surface area contributed by atoms with Gasteiger partial charge in [0, 0.05) is 74.9 Å². The van der Waals surface area contributed by atoms with Crippen LogP contribution in [0.5, 0.6) is 0 Å². The maximum atomic E-state index is 15.0. The number of aromatic nitrogens is 1. The first-order valence-corrected chi connectivity index (χ1v) is 19.0. The van der Waals surface area contributed by atoms with Gasteiger partial charge in [0.1, 0.15) is 0 Å². The summed E-state index contributed by atoms with van der Waals surface area (Å²) >= 11 is 13.6. The lowest BCUT2D eigenvalue weighted by Crippen LogP contribution is -2.71. The Morgan fingerprint density at radius 3 is 2.29 bits per heavy atom. The van der Waals surface area contributed by atoms with E-state index in [0.717, 1.165) is 23.7 Å². The fourth-order valence-corrected chi connectivity index (χ4v) is 8.41. The highest BCUT2D eigenvalue weighted by Crippen LogP contribution is 2.38. The topological polar surface area (TPSA) is 96.3 Å². The van der Waals surface area contributed by atoms with Gasteiger partial charge in [-0.15, -0.1) is 0 Å². The van der Waals surface area contributed by atoms with E-state index in [2.05, 4.69) is 10.2 Å². The number of carbonyl (C=O) groups excluding carboxylic acids is 3. The Morgan fingerprint density at radius 1 is 0.942 bits per heavy atom. The van der Waals surface area contributed by atoms with Gasteiger partial charge >= 0.3 is 5.97 Å². The Balaban J connectivity index is 1.26. The van der Waals surface area contributed by atoms with E-state index >= 15 is 0 Å². The van der Waals surface area contributed by atoms with Crippen molar-refractivity contribution in [3.8, 4) is 0 Å². The molecule has 1 amide bonds. The molecule has 2 saturated heterocycles. The number of nitrogens with zero attached hydrogens (tertiary/aromatic N) is 4. The summed E-state index contributed by atoms with van der Waals surface area (Å²) in [7, 11) is 1.87. The second kappa shape index (κ2) is 16.9. The molecule has 3 aromatic rings. The van der Waals surface area contributed by atoms with Crippen molar-refractivity contribution in [2.24, 2.45) is 13.0 Å². The number of ketones is 1. The molecule has 0 spiro atoms. The molecule has 1 atom stereocenters. The molecule has 1 N–H and O–H groups in total. The highest BCUT2D eigenvalue weighted by atomic mass is 35.5. The van der Waals surface area contributed by atoms with Gasteiger partial charge in [-0.25, -0.2) is 8.78 Å². The van der Waals surface area contributed by atoms with E-state index in [1.165, 1.54) is 0 Å². The number of piperazine rings is 1. The lowest BCUT2D eigenvalue weighted by molar-refractivity contribution is -0.261. The molecule has 14 heteroatoms. The molecule has 2 aromatic carbocycles. The first-order valence-electron chi connectivity index (χ1n) is 18.2.